The normalized spacial score (nSPS) is 11.5. The van der Waals surface area contributed by atoms with Crippen molar-refractivity contribution in [3.05, 3.63) is 48.2 Å². The molecule has 0 atom stereocenters. The fourth-order valence-corrected chi connectivity index (χ4v) is 2.09. The molecule has 1 heterocycles. The van der Waals surface area contributed by atoms with Crippen LogP contribution in [0.1, 0.15) is 25.3 Å². The summed E-state index contributed by atoms with van der Waals surface area (Å²) in [6.45, 7) is 2.90. The number of halogens is 4. The number of hydrogen-bond acceptors (Lipinski definition) is 4. The van der Waals surface area contributed by atoms with Gasteiger partial charge in [-0.05, 0) is 36.8 Å². The van der Waals surface area contributed by atoms with Crippen molar-refractivity contribution in [3.63, 3.8) is 0 Å². The van der Waals surface area contributed by atoms with Crippen molar-refractivity contribution in [2.45, 2.75) is 32.7 Å². The van der Waals surface area contributed by atoms with Gasteiger partial charge in [0.15, 0.2) is 5.96 Å². The van der Waals surface area contributed by atoms with E-state index >= 15 is 0 Å². The second-order valence-corrected chi connectivity index (χ2v) is 5.57. The first-order valence-corrected chi connectivity index (χ1v) is 8.37. The Morgan fingerprint density at radius 1 is 1.21 bits per heavy atom. The average Bonchev–Trinajstić information content (AvgIpc) is 2.61. The molecule has 1 aromatic heterocycles. The molecule has 1 aromatic carbocycles. The summed E-state index contributed by atoms with van der Waals surface area (Å²) in [5.74, 6) is 0.312. The predicted molar refractivity (Wildman–Crippen MR) is 112 cm³/mol. The van der Waals surface area contributed by atoms with Crippen LogP contribution in [0.4, 0.5) is 18.9 Å². The zero-order valence-electron chi connectivity index (χ0n) is 15.2. The fourth-order valence-electron chi connectivity index (χ4n) is 2.09. The van der Waals surface area contributed by atoms with Crippen LogP contribution in [0.15, 0.2) is 47.6 Å². The molecule has 0 aliphatic carbocycles. The molecule has 3 N–H and O–H groups in total. The third-order valence-electron chi connectivity index (χ3n) is 3.37. The van der Waals surface area contributed by atoms with Crippen LogP contribution in [0, 0.1) is 0 Å². The minimum absolute atomic E-state index is 0. The summed E-state index contributed by atoms with van der Waals surface area (Å²) in [6, 6.07) is 8.81. The molecule has 0 aliphatic rings. The zero-order valence-corrected chi connectivity index (χ0v) is 17.5. The maximum Gasteiger partial charge on any atom is 0.573 e. The minimum atomic E-state index is -4.73. The van der Waals surface area contributed by atoms with Crippen LogP contribution < -0.4 is 20.5 Å². The molecular formula is C18H22F3IN4O2. The Hall–Kier alpha value is -2.24. The number of anilines is 1. The maximum absolute atomic E-state index is 12.2. The third-order valence-corrected chi connectivity index (χ3v) is 3.37. The van der Waals surface area contributed by atoms with Crippen molar-refractivity contribution in [1.82, 2.24) is 4.98 Å². The van der Waals surface area contributed by atoms with E-state index in [1.807, 2.05) is 6.07 Å². The van der Waals surface area contributed by atoms with Gasteiger partial charge in [-0.25, -0.2) is 9.98 Å². The molecule has 0 bridgehead atoms. The quantitative estimate of drug-likeness (QED) is 0.233. The van der Waals surface area contributed by atoms with Crippen LogP contribution in [0.3, 0.4) is 0 Å². The smallest absolute Gasteiger partial charge is 0.477 e. The highest BCUT2D eigenvalue weighted by atomic mass is 127. The lowest BCUT2D eigenvalue weighted by Crippen LogP contribution is -2.22. The third kappa shape index (κ3) is 8.63. The van der Waals surface area contributed by atoms with Crippen LogP contribution in [0.25, 0.3) is 0 Å². The molecule has 28 heavy (non-hydrogen) atoms. The minimum Gasteiger partial charge on any atom is -0.477 e. The van der Waals surface area contributed by atoms with E-state index in [0.29, 0.717) is 18.2 Å². The SMILES string of the molecule is CCCCOc1ncccc1CN=C(N)Nc1ccc(OC(F)(F)F)cc1.I. The van der Waals surface area contributed by atoms with E-state index in [2.05, 4.69) is 27.0 Å². The van der Waals surface area contributed by atoms with Gasteiger partial charge in [-0.3, -0.25) is 0 Å². The van der Waals surface area contributed by atoms with Crippen molar-refractivity contribution in [3.8, 4) is 11.6 Å². The van der Waals surface area contributed by atoms with Crippen LogP contribution in [-0.2, 0) is 6.54 Å². The Bertz CT molecular complexity index is 755. The number of nitrogens with one attached hydrogen (secondary N) is 1. The number of unbranched alkanes of at least 4 members (excludes halogenated alkanes) is 1. The molecule has 10 heteroatoms. The van der Waals surface area contributed by atoms with Gasteiger partial charge in [0.1, 0.15) is 5.75 Å². The Morgan fingerprint density at radius 2 is 1.93 bits per heavy atom. The maximum atomic E-state index is 12.2. The number of aliphatic imine (C=N–C) groups is 1. The molecule has 2 aromatic rings. The van der Waals surface area contributed by atoms with Gasteiger partial charge in [0.2, 0.25) is 5.88 Å². The van der Waals surface area contributed by atoms with E-state index in [-0.39, 0.29) is 42.2 Å². The van der Waals surface area contributed by atoms with E-state index in [4.69, 9.17) is 10.5 Å². The number of guanidine groups is 1. The summed E-state index contributed by atoms with van der Waals surface area (Å²) >= 11 is 0. The Labute approximate surface area is 178 Å². The highest BCUT2D eigenvalue weighted by molar-refractivity contribution is 14.0. The lowest BCUT2D eigenvalue weighted by atomic mass is 10.2. The van der Waals surface area contributed by atoms with Gasteiger partial charge in [0.05, 0.1) is 13.2 Å². The highest BCUT2D eigenvalue weighted by Gasteiger charge is 2.30. The van der Waals surface area contributed by atoms with Gasteiger partial charge in [-0.2, -0.15) is 0 Å². The van der Waals surface area contributed by atoms with E-state index in [9.17, 15) is 13.2 Å². The van der Waals surface area contributed by atoms with Crippen molar-refractivity contribution in [2.75, 3.05) is 11.9 Å². The lowest BCUT2D eigenvalue weighted by Gasteiger charge is -2.11. The van der Waals surface area contributed by atoms with Gasteiger partial charge in [-0.1, -0.05) is 19.4 Å². The number of pyridine rings is 1. The average molecular weight is 510 g/mol. The lowest BCUT2D eigenvalue weighted by molar-refractivity contribution is -0.274. The molecule has 0 aliphatic heterocycles. The first-order valence-electron chi connectivity index (χ1n) is 8.37. The summed E-state index contributed by atoms with van der Waals surface area (Å²) in [5, 5.41) is 2.80. The molecule has 0 spiro atoms. The number of aromatic nitrogens is 1. The van der Waals surface area contributed by atoms with Crippen molar-refractivity contribution >= 4 is 35.6 Å². The van der Waals surface area contributed by atoms with Crippen molar-refractivity contribution in [1.29, 1.82) is 0 Å². The molecule has 0 unspecified atom stereocenters. The molecule has 154 valence electrons. The van der Waals surface area contributed by atoms with E-state index in [1.165, 1.54) is 24.3 Å². The van der Waals surface area contributed by atoms with Crippen LogP contribution in [0.2, 0.25) is 0 Å². The monoisotopic (exact) mass is 510 g/mol. The summed E-state index contributed by atoms with van der Waals surface area (Å²) in [7, 11) is 0. The summed E-state index contributed by atoms with van der Waals surface area (Å²) in [4.78, 5) is 8.41. The second kappa shape index (κ2) is 11.6. The van der Waals surface area contributed by atoms with Gasteiger partial charge in [0, 0.05) is 17.4 Å². The number of alkyl halides is 3. The number of hydrogen-bond donors (Lipinski definition) is 2. The molecule has 0 fully saturated rings. The Balaban J connectivity index is 0.00000392. The summed E-state index contributed by atoms with van der Waals surface area (Å²) < 4.78 is 45.9. The highest BCUT2D eigenvalue weighted by Crippen LogP contribution is 2.24. The van der Waals surface area contributed by atoms with E-state index in [1.54, 1.807) is 12.3 Å². The predicted octanol–water partition coefficient (Wildman–Crippen LogP) is 4.70. The van der Waals surface area contributed by atoms with Gasteiger partial charge in [0.25, 0.3) is 0 Å². The fraction of sp³-hybridized carbons (Fsp3) is 0.333. The zero-order chi connectivity index (χ0) is 19.7. The number of nitrogens with zero attached hydrogens (tertiary/aromatic N) is 2. The van der Waals surface area contributed by atoms with Crippen LogP contribution in [-0.4, -0.2) is 23.9 Å². The van der Waals surface area contributed by atoms with Gasteiger partial charge >= 0.3 is 6.36 Å². The molecule has 0 amide bonds. The number of ether oxygens (including phenoxy) is 2. The first-order chi connectivity index (χ1) is 12.9. The summed E-state index contributed by atoms with van der Waals surface area (Å²) in [5.41, 5.74) is 7.10. The van der Waals surface area contributed by atoms with E-state index in [0.717, 1.165) is 18.4 Å². The Kier molecular flexibility index (Phi) is 9.83. The molecule has 2 rings (SSSR count). The molecule has 0 saturated carbocycles. The second-order valence-electron chi connectivity index (χ2n) is 5.57. The largest absolute Gasteiger partial charge is 0.573 e. The van der Waals surface area contributed by atoms with Crippen molar-refractivity contribution < 1.29 is 22.6 Å². The van der Waals surface area contributed by atoms with Crippen LogP contribution >= 0.6 is 24.0 Å². The standard InChI is InChI=1S/C18H21F3N4O2.HI/c1-2-3-11-26-16-13(5-4-10-23-16)12-24-17(22)25-14-6-8-15(9-7-14)27-18(19,20)21;/h4-10H,2-3,11-12H2,1H3,(H3,22,24,25);1H. The molecule has 0 radical (unpaired) electrons. The number of benzene rings is 1. The first kappa shape index (κ1) is 23.8. The summed E-state index contributed by atoms with van der Waals surface area (Å²) in [6.07, 6.45) is -1.14. The topological polar surface area (TPSA) is 81.8 Å². The van der Waals surface area contributed by atoms with Crippen LogP contribution in [0.5, 0.6) is 11.6 Å². The number of nitrogens with two attached hydrogens (primary N) is 1. The Morgan fingerprint density at radius 3 is 2.57 bits per heavy atom. The molecule has 6 nitrogen and oxygen atoms in total. The molecular weight excluding hydrogens is 488 g/mol. The molecule has 0 saturated heterocycles. The van der Waals surface area contributed by atoms with Gasteiger partial charge in [-0.15, -0.1) is 37.1 Å². The van der Waals surface area contributed by atoms with Gasteiger partial charge < -0.3 is 20.5 Å². The van der Waals surface area contributed by atoms with E-state index < -0.39 is 6.36 Å². The number of rotatable bonds is 8. The van der Waals surface area contributed by atoms with Crippen molar-refractivity contribution in [2.24, 2.45) is 10.7 Å².